The number of thioether (sulfide) groups is 1. The third-order valence-electron chi connectivity index (χ3n) is 2.03. The highest BCUT2D eigenvalue weighted by atomic mass is 35.5. The van der Waals surface area contributed by atoms with Crippen molar-refractivity contribution in [3.8, 4) is 0 Å². The van der Waals surface area contributed by atoms with Crippen LogP contribution in [0.5, 0.6) is 0 Å². The molecule has 0 bridgehead atoms. The van der Waals surface area contributed by atoms with Gasteiger partial charge >= 0.3 is 5.51 Å². The van der Waals surface area contributed by atoms with Crippen LogP contribution in [-0.4, -0.2) is 17.2 Å². The third-order valence-corrected chi connectivity index (χ3v) is 3.22. The van der Waals surface area contributed by atoms with Crippen molar-refractivity contribution in [1.82, 2.24) is 0 Å². The molecule has 0 aromatic heterocycles. The average molecular weight is 283 g/mol. The van der Waals surface area contributed by atoms with E-state index in [4.69, 9.17) is 11.6 Å². The lowest BCUT2D eigenvalue weighted by molar-refractivity contribution is -0.116. The first-order chi connectivity index (χ1) is 7.81. The van der Waals surface area contributed by atoms with E-state index in [9.17, 15) is 18.0 Å². The van der Waals surface area contributed by atoms with E-state index in [0.717, 1.165) is 0 Å². The zero-order valence-corrected chi connectivity index (χ0v) is 10.5. The van der Waals surface area contributed by atoms with Gasteiger partial charge in [-0.3, -0.25) is 4.79 Å². The fourth-order valence-electron chi connectivity index (χ4n) is 1.26. The number of Topliss-reactive ketones (excluding diaryl/α,β-unsaturated/α-hetero) is 1. The summed E-state index contributed by atoms with van der Waals surface area (Å²) in [5.74, 6) is -0.339. The van der Waals surface area contributed by atoms with Crippen LogP contribution >= 0.6 is 23.4 Å². The molecule has 0 fully saturated rings. The zero-order valence-electron chi connectivity index (χ0n) is 8.97. The van der Waals surface area contributed by atoms with Gasteiger partial charge in [-0.25, -0.2) is 0 Å². The van der Waals surface area contributed by atoms with Gasteiger partial charge in [0.1, 0.15) is 0 Å². The van der Waals surface area contributed by atoms with Gasteiger partial charge < -0.3 is 0 Å². The summed E-state index contributed by atoms with van der Waals surface area (Å²) in [5, 5.41) is 0. The molecule has 0 aliphatic rings. The van der Waals surface area contributed by atoms with Crippen LogP contribution in [0.2, 0.25) is 0 Å². The largest absolute Gasteiger partial charge is 0.446 e. The minimum absolute atomic E-state index is 0.0647. The highest BCUT2D eigenvalue weighted by Gasteiger charge is 2.30. The molecular formula is C11H10ClF3OS. The standard InChI is InChI=1S/C11H10ClF3OS/c1-7-2-3-8(4-9(16)6-12)5-10(7)17-11(13,14)15/h2-3,5H,4,6H2,1H3. The summed E-state index contributed by atoms with van der Waals surface area (Å²) < 4.78 is 36.8. The first-order valence-electron chi connectivity index (χ1n) is 4.75. The first-order valence-corrected chi connectivity index (χ1v) is 6.10. The number of carbonyl (C=O) groups is 1. The highest BCUT2D eigenvalue weighted by molar-refractivity contribution is 8.00. The van der Waals surface area contributed by atoms with E-state index >= 15 is 0 Å². The molecule has 0 N–H and O–H groups in total. The number of aryl methyl sites for hydroxylation is 1. The SMILES string of the molecule is Cc1ccc(CC(=O)CCl)cc1SC(F)(F)F. The van der Waals surface area contributed by atoms with Crippen molar-refractivity contribution < 1.29 is 18.0 Å². The molecule has 0 saturated heterocycles. The summed E-state index contributed by atoms with van der Waals surface area (Å²) in [6, 6.07) is 4.60. The molecule has 0 saturated carbocycles. The van der Waals surface area contributed by atoms with Crippen LogP contribution in [0.1, 0.15) is 11.1 Å². The van der Waals surface area contributed by atoms with Crippen molar-refractivity contribution in [1.29, 1.82) is 0 Å². The van der Waals surface area contributed by atoms with Gasteiger partial charge in [-0.15, -0.1) is 11.6 Å². The van der Waals surface area contributed by atoms with Gasteiger partial charge in [-0.1, -0.05) is 12.1 Å². The number of hydrogen-bond donors (Lipinski definition) is 0. The fraction of sp³-hybridized carbons (Fsp3) is 0.364. The molecule has 0 unspecified atom stereocenters. The van der Waals surface area contributed by atoms with Crippen LogP contribution in [0, 0.1) is 6.92 Å². The van der Waals surface area contributed by atoms with E-state index in [-0.39, 0.29) is 34.7 Å². The number of benzene rings is 1. The molecule has 0 heterocycles. The van der Waals surface area contributed by atoms with Crippen LogP contribution in [-0.2, 0) is 11.2 Å². The predicted molar refractivity (Wildman–Crippen MR) is 62.5 cm³/mol. The molecule has 1 rings (SSSR count). The monoisotopic (exact) mass is 282 g/mol. The van der Waals surface area contributed by atoms with Gasteiger partial charge in [0, 0.05) is 11.3 Å². The quantitative estimate of drug-likeness (QED) is 0.614. The minimum atomic E-state index is -4.32. The van der Waals surface area contributed by atoms with E-state index in [1.807, 2.05) is 0 Å². The molecule has 1 nitrogen and oxygen atoms in total. The van der Waals surface area contributed by atoms with E-state index in [0.29, 0.717) is 11.1 Å². The van der Waals surface area contributed by atoms with E-state index in [1.54, 1.807) is 19.1 Å². The van der Waals surface area contributed by atoms with Gasteiger partial charge in [0.25, 0.3) is 0 Å². The van der Waals surface area contributed by atoms with E-state index in [1.165, 1.54) is 6.07 Å². The summed E-state index contributed by atoms with van der Waals surface area (Å²) in [4.78, 5) is 11.2. The molecule has 17 heavy (non-hydrogen) atoms. The van der Waals surface area contributed by atoms with Crippen molar-refractivity contribution in [3.05, 3.63) is 29.3 Å². The molecule has 0 atom stereocenters. The Bertz CT molecular complexity index is 418. The third kappa shape index (κ3) is 5.00. The molecule has 1 aromatic rings. The van der Waals surface area contributed by atoms with Crippen LogP contribution in [0.25, 0.3) is 0 Å². The Kier molecular flexibility index (Phi) is 4.89. The second-order valence-corrected chi connectivity index (χ2v) is 4.87. The van der Waals surface area contributed by atoms with E-state index in [2.05, 4.69) is 0 Å². The Hall–Kier alpha value is -0.680. The maximum absolute atomic E-state index is 12.3. The lowest BCUT2D eigenvalue weighted by Gasteiger charge is -2.10. The highest BCUT2D eigenvalue weighted by Crippen LogP contribution is 2.38. The average Bonchev–Trinajstić information content (AvgIpc) is 2.21. The van der Waals surface area contributed by atoms with Crippen molar-refractivity contribution in [2.45, 2.75) is 23.7 Å². The molecule has 0 aliphatic heterocycles. The first kappa shape index (κ1) is 14.4. The number of ketones is 1. The van der Waals surface area contributed by atoms with Gasteiger partial charge in [0.05, 0.1) is 5.88 Å². The lowest BCUT2D eigenvalue weighted by atomic mass is 10.1. The van der Waals surface area contributed by atoms with Gasteiger partial charge in [-0.2, -0.15) is 13.2 Å². The van der Waals surface area contributed by atoms with Crippen LogP contribution in [0.3, 0.4) is 0 Å². The molecule has 6 heteroatoms. The van der Waals surface area contributed by atoms with Gasteiger partial charge in [-0.05, 0) is 35.9 Å². The zero-order chi connectivity index (χ0) is 13.1. The van der Waals surface area contributed by atoms with Crippen molar-refractivity contribution in [2.24, 2.45) is 0 Å². The summed E-state index contributed by atoms with van der Waals surface area (Å²) in [7, 11) is 0. The number of halogens is 4. The van der Waals surface area contributed by atoms with Crippen molar-refractivity contribution in [2.75, 3.05) is 5.88 Å². The molecule has 0 amide bonds. The Morgan fingerprint density at radius 2 is 2.06 bits per heavy atom. The van der Waals surface area contributed by atoms with Crippen molar-refractivity contribution >= 4 is 29.1 Å². The fourth-order valence-corrected chi connectivity index (χ4v) is 2.05. The molecule has 1 aromatic carbocycles. The summed E-state index contributed by atoms with van der Waals surface area (Å²) >= 11 is 5.18. The van der Waals surface area contributed by atoms with Crippen molar-refractivity contribution in [3.63, 3.8) is 0 Å². The maximum Gasteiger partial charge on any atom is 0.446 e. The second-order valence-electron chi connectivity index (χ2n) is 3.50. The predicted octanol–water partition coefficient (Wildman–Crippen LogP) is 3.96. The van der Waals surface area contributed by atoms with Gasteiger partial charge in [0.15, 0.2) is 5.78 Å². The normalized spacial score (nSPS) is 11.6. The summed E-state index contributed by atoms with van der Waals surface area (Å²) in [5.41, 5.74) is -3.23. The molecule has 94 valence electrons. The Balaban J connectivity index is 2.90. The molecular weight excluding hydrogens is 273 g/mol. The summed E-state index contributed by atoms with van der Waals surface area (Å²) in [6.45, 7) is 1.60. The second kappa shape index (κ2) is 5.78. The number of rotatable bonds is 4. The Morgan fingerprint density at radius 3 is 2.59 bits per heavy atom. The minimum Gasteiger partial charge on any atom is -0.298 e. The Labute approximate surface area is 106 Å². The van der Waals surface area contributed by atoms with Gasteiger partial charge in [0.2, 0.25) is 0 Å². The van der Waals surface area contributed by atoms with Crippen LogP contribution in [0.4, 0.5) is 13.2 Å². The van der Waals surface area contributed by atoms with E-state index < -0.39 is 5.51 Å². The Morgan fingerprint density at radius 1 is 1.41 bits per heavy atom. The molecule has 0 aliphatic carbocycles. The smallest absolute Gasteiger partial charge is 0.298 e. The topological polar surface area (TPSA) is 17.1 Å². The maximum atomic E-state index is 12.3. The van der Waals surface area contributed by atoms with Crippen LogP contribution < -0.4 is 0 Å². The molecule has 0 radical (unpaired) electrons. The number of alkyl halides is 4. The lowest BCUT2D eigenvalue weighted by Crippen LogP contribution is -2.05. The molecule has 0 spiro atoms. The van der Waals surface area contributed by atoms with Crippen LogP contribution in [0.15, 0.2) is 23.1 Å². The number of hydrogen-bond acceptors (Lipinski definition) is 2. The summed E-state index contributed by atoms with van der Waals surface area (Å²) in [6.07, 6.45) is 0.0647. The number of carbonyl (C=O) groups excluding carboxylic acids is 1.